The van der Waals surface area contributed by atoms with E-state index >= 15 is 0 Å². The molecule has 1 aliphatic carbocycles. The van der Waals surface area contributed by atoms with Gasteiger partial charge >= 0.3 is 0 Å². The van der Waals surface area contributed by atoms with Gasteiger partial charge in [0.05, 0.1) is 4.88 Å². The Balaban J connectivity index is 1.25. The fourth-order valence-corrected chi connectivity index (χ4v) is 3.86. The van der Waals surface area contributed by atoms with Crippen molar-refractivity contribution in [2.24, 2.45) is 0 Å². The number of nitriles is 1. The lowest BCUT2D eigenvalue weighted by Crippen LogP contribution is -2.49. The van der Waals surface area contributed by atoms with Crippen LogP contribution in [0.3, 0.4) is 0 Å². The molecular formula is C19H21N5O3S. The summed E-state index contributed by atoms with van der Waals surface area (Å²) in [6.07, 6.45) is 2.40. The molecule has 0 bridgehead atoms. The van der Waals surface area contributed by atoms with Gasteiger partial charge in [0.15, 0.2) is 0 Å². The highest BCUT2D eigenvalue weighted by Gasteiger charge is 2.32. The van der Waals surface area contributed by atoms with E-state index < -0.39 is 0 Å². The molecule has 1 aliphatic heterocycles. The fourth-order valence-electron chi connectivity index (χ4n) is 3.22. The normalized spacial score (nSPS) is 16.7. The van der Waals surface area contributed by atoms with Gasteiger partial charge in [-0.3, -0.25) is 9.59 Å². The number of carbonyl (C=O) groups excluding carboxylic acids is 2. The van der Waals surface area contributed by atoms with Gasteiger partial charge in [0.2, 0.25) is 23.4 Å². The molecule has 2 aromatic heterocycles. The second-order valence-electron chi connectivity index (χ2n) is 6.94. The second-order valence-corrected chi connectivity index (χ2v) is 7.89. The van der Waals surface area contributed by atoms with Crippen LogP contribution in [0.2, 0.25) is 0 Å². The first-order chi connectivity index (χ1) is 13.7. The smallest absolute Gasteiger partial charge is 0.261 e. The van der Waals surface area contributed by atoms with E-state index in [1.807, 2.05) is 16.3 Å². The van der Waals surface area contributed by atoms with Gasteiger partial charge in [0, 0.05) is 45.1 Å². The van der Waals surface area contributed by atoms with E-state index in [1.165, 1.54) is 11.3 Å². The van der Waals surface area contributed by atoms with Crippen LogP contribution in [0, 0.1) is 11.3 Å². The van der Waals surface area contributed by atoms with Crippen LogP contribution in [0.4, 0.5) is 5.88 Å². The van der Waals surface area contributed by atoms with Crippen LogP contribution in [0.1, 0.15) is 46.4 Å². The highest BCUT2D eigenvalue weighted by molar-refractivity contribution is 7.12. The first kappa shape index (κ1) is 18.5. The highest BCUT2D eigenvalue weighted by Crippen LogP contribution is 2.41. The Morgan fingerprint density at radius 2 is 2.11 bits per heavy atom. The Morgan fingerprint density at radius 3 is 2.75 bits per heavy atom. The van der Waals surface area contributed by atoms with Crippen molar-refractivity contribution >= 4 is 29.0 Å². The van der Waals surface area contributed by atoms with E-state index in [1.54, 1.807) is 11.0 Å². The number of hydrogen-bond donors (Lipinski definition) is 1. The average molecular weight is 399 g/mol. The summed E-state index contributed by atoms with van der Waals surface area (Å²) in [6.45, 7) is 2.63. The van der Waals surface area contributed by atoms with Crippen molar-refractivity contribution in [2.45, 2.75) is 25.2 Å². The number of nitrogens with zero attached hydrogens (tertiary/aromatic N) is 4. The quantitative estimate of drug-likeness (QED) is 0.797. The largest absolute Gasteiger partial charge is 0.423 e. The third-order valence-corrected chi connectivity index (χ3v) is 5.82. The van der Waals surface area contributed by atoms with Crippen LogP contribution in [-0.2, 0) is 4.79 Å². The summed E-state index contributed by atoms with van der Waals surface area (Å²) >= 11 is 1.38. The highest BCUT2D eigenvalue weighted by atomic mass is 32.1. The average Bonchev–Trinajstić information content (AvgIpc) is 3.25. The number of hydrogen-bond acceptors (Lipinski definition) is 7. The van der Waals surface area contributed by atoms with Crippen molar-refractivity contribution in [3.05, 3.63) is 34.0 Å². The first-order valence-corrected chi connectivity index (χ1v) is 10.3. The number of piperazine rings is 1. The molecule has 2 aliphatic rings. The van der Waals surface area contributed by atoms with Crippen molar-refractivity contribution in [3.8, 4) is 6.07 Å². The molecule has 0 radical (unpaired) electrons. The number of thiophene rings is 1. The zero-order chi connectivity index (χ0) is 19.5. The van der Waals surface area contributed by atoms with Crippen LogP contribution in [0.5, 0.6) is 0 Å². The molecule has 1 saturated heterocycles. The van der Waals surface area contributed by atoms with Gasteiger partial charge in [-0.15, -0.1) is 11.3 Å². The van der Waals surface area contributed by atoms with Gasteiger partial charge in [-0.1, -0.05) is 6.07 Å². The van der Waals surface area contributed by atoms with Gasteiger partial charge in [-0.25, -0.2) is 4.98 Å². The summed E-state index contributed by atoms with van der Waals surface area (Å²) < 4.78 is 5.83. The molecule has 2 aromatic rings. The molecule has 0 atom stereocenters. The van der Waals surface area contributed by atoms with E-state index in [0.717, 1.165) is 12.8 Å². The van der Waals surface area contributed by atoms with Gasteiger partial charge < -0.3 is 19.5 Å². The molecule has 146 valence electrons. The van der Waals surface area contributed by atoms with E-state index in [-0.39, 0.29) is 18.2 Å². The number of carbonyl (C=O) groups is 2. The molecule has 1 saturated carbocycles. The third kappa shape index (κ3) is 4.02. The lowest BCUT2D eigenvalue weighted by Gasteiger charge is -2.34. The fraction of sp³-hybridized carbons (Fsp3) is 0.474. The molecule has 0 unspecified atom stereocenters. The maximum Gasteiger partial charge on any atom is 0.261 e. The van der Waals surface area contributed by atoms with Crippen molar-refractivity contribution in [2.75, 3.05) is 37.6 Å². The van der Waals surface area contributed by atoms with Gasteiger partial charge in [-0.05, 0) is 24.3 Å². The van der Waals surface area contributed by atoms with Gasteiger partial charge in [0.1, 0.15) is 6.07 Å². The predicted octanol–water partition coefficient (Wildman–Crippen LogP) is 1.95. The summed E-state index contributed by atoms with van der Waals surface area (Å²) in [5.74, 6) is 1.41. The number of nitrogens with one attached hydrogen (secondary N) is 1. The topological polar surface area (TPSA) is 102 Å². The first-order valence-electron chi connectivity index (χ1n) is 9.41. The molecule has 4 rings (SSSR count). The summed E-state index contributed by atoms with van der Waals surface area (Å²) in [4.78, 5) is 33.0. The standard InChI is InChI=1S/C19H21N5O3S/c20-12-14-19(27-18(22-14)13-3-4-13)24-9-7-23(8-10-24)16(25)5-6-21-17(26)15-2-1-11-28-15/h1-2,11,13H,3-10H2,(H,21,26). The summed E-state index contributed by atoms with van der Waals surface area (Å²) in [6, 6.07) is 5.70. The minimum atomic E-state index is -0.145. The molecule has 2 amide bonds. The van der Waals surface area contributed by atoms with Crippen LogP contribution >= 0.6 is 11.3 Å². The zero-order valence-electron chi connectivity index (χ0n) is 15.4. The SMILES string of the molecule is N#Cc1nc(C2CC2)oc1N1CCN(C(=O)CCNC(=O)c2cccs2)CC1. The van der Waals surface area contributed by atoms with E-state index in [2.05, 4.69) is 16.4 Å². The van der Waals surface area contributed by atoms with Crippen LogP contribution in [-0.4, -0.2) is 54.4 Å². The Bertz CT molecular complexity index is 889. The number of oxazole rings is 1. The maximum absolute atomic E-state index is 12.4. The third-order valence-electron chi connectivity index (χ3n) is 4.95. The van der Waals surface area contributed by atoms with Gasteiger partial charge in [0.25, 0.3) is 5.91 Å². The van der Waals surface area contributed by atoms with Crippen LogP contribution in [0.15, 0.2) is 21.9 Å². The van der Waals surface area contributed by atoms with E-state index in [0.29, 0.717) is 61.0 Å². The Morgan fingerprint density at radius 1 is 1.32 bits per heavy atom. The Kier molecular flexibility index (Phi) is 5.30. The molecule has 8 nitrogen and oxygen atoms in total. The molecule has 2 fully saturated rings. The van der Waals surface area contributed by atoms with Crippen molar-refractivity contribution in [1.82, 2.24) is 15.2 Å². The Labute approximate surface area is 166 Å². The Hall–Kier alpha value is -2.86. The molecule has 3 heterocycles. The molecule has 1 N–H and O–H groups in total. The van der Waals surface area contributed by atoms with Crippen molar-refractivity contribution < 1.29 is 14.0 Å². The van der Waals surface area contributed by atoms with Crippen LogP contribution in [0.25, 0.3) is 0 Å². The molecule has 9 heteroatoms. The number of rotatable bonds is 6. The lowest BCUT2D eigenvalue weighted by molar-refractivity contribution is -0.131. The lowest BCUT2D eigenvalue weighted by atomic mass is 10.2. The number of anilines is 1. The van der Waals surface area contributed by atoms with Crippen molar-refractivity contribution in [1.29, 1.82) is 5.26 Å². The monoisotopic (exact) mass is 399 g/mol. The number of amides is 2. The van der Waals surface area contributed by atoms with Crippen LogP contribution < -0.4 is 10.2 Å². The van der Waals surface area contributed by atoms with E-state index in [9.17, 15) is 14.9 Å². The van der Waals surface area contributed by atoms with E-state index in [4.69, 9.17) is 4.42 Å². The maximum atomic E-state index is 12.4. The zero-order valence-corrected chi connectivity index (χ0v) is 16.2. The molecule has 0 aromatic carbocycles. The summed E-state index contributed by atoms with van der Waals surface area (Å²) in [5.41, 5.74) is 0.331. The summed E-state index contributed by atoms with van der Waals surface area (Å²) in [5, 5.41) is 13.9. The molecule has 28 heavy (non-hydrogen) atoms. The second kappa shape index (κ2) is 8.02. The summed E-state index contributed by atoms with van der Waals surface area (Å²) in [7, 11) is 0. The molecular weight excluding hydrogens is 378 g/mol. The minimum Gasteiger partial charge on any atom is -0.423 e. The van der Waals surface area contributed by atoms with Gasteiger partial charge in [-0.2, -0.15) is 5.26 Å². The number of aromatic nitrogens is 1. The molecule has 0 spiro atoms. The predicted molar refractivity (Wildman–Crippen MR) is 103 cm³/mol. The van der Waals surface area contributed by atoms with Crippen molar-refractivity contribution in [3.63, 3.8) is 0 Å². The minimum absolute atomic E-state index is 0.0166.